The molecule has 3 aliphatic rings. The van der Waals surface area contributed by atoms with Gasteiger partial charge < -0.3 is 15.4 Å². The Labute approximate surface area is 233 Å². The molecular weight excluding hydrogens is 529 g/mol. The Balaban J connectivity index is 0.00000168. The van der Waals surface area contributed by atoms with Crippen molar-refractivity contribution in [1.29, 1.82) is 0 Å². The minimum Gasteiger partial charge on any atom is -0.379 e. The number of anilines is 1. The molecule has 0 unspecified atom stereocenters. The average molecular weight is 560 g/mol. The SMILES string of the molecule is Cl.Cl.O=C(Nc1cccc2c1C(=O)c1c(-c3ccc(CN4CCNCC4)cc3)n[nH]c1-2)NN1CCOCC1. The molecule has 3 aromatic rings. The second-order valence-electron chi connectivity index (χ2n) is 9.27. The van der Waals surface area contributed by atoms with Crippen LogP contribution in [0.2, 0.25) is 0 Å². The topological polar surface area (TPSA) is 115 Å². The summed E-state index contributed by atoms with van der Waals surface area (Å²) in [5, 5.41) is 15.6. The molecule has 4 N–H and O–H groups in total. The fraction of sp³-hybridized carbons (Fsp3) is 0.346. The fourth-order valence-electron chi connectivity index (χ4n) is 5.07. The lowest BCUT2D eigenvalue weighted by molar-refractivity contribution is 0.0207. The Morgan fingerprint density at radius 1 is 0.974 bits per heavy atom. The number of rotatable bonds is 5. The van der Waals surface area contributed by atoms with Gasteiger partial charge in [-0.1, -0.05) is 36.4 Å². The number of carbonyl (C=O) groups is 2. The van der Waals surface area contributed by atoms with Crippen molar-refractivity contribution in [2.24, 2.45) is 0 Å². The lowest BCUT2D eigenvalue weighted by Gasteiger charge is -2.27. The third-order valence-corrected chi connectivity index (χ3v) is 6.92. The fourth-order valence-corrected chi connectivity index (χ4v) is 5.07. The van der Waals surface area contributed by atoms with Gasteiger partial charge in [-0.25, -0.2) is 9.80 Å². The molecule has 2 fully saturated rings. The number of piperazine rings is 1. The molecule has 0 bridgehead atoms. The second-order valence-corrected chi connectivity index (χ2v) is 9.27. The van der Waals surface area contributed by atoms with E-state index in [0.29, 0.717) is 54.5 Å². The zero-order chi connectivity index (χ0) is 24.5. The summed E-state index contributed by atoms with van der Waals surface area (Å²) < 4.78 is 5.32. The van der Waals surface area contributed by atoms with Crippen molar-refractivity contribution in [1.82, 2.24) is 30.8 Å². The number of urea groups is 1. The first kappa shape index (κ1) is 28.0. The van der Waals surface area contributed by atoms with Crippen LogP contribution in [0.1, 0.15) is 21.5 Å². The van der Waals surface area contributed by atoms with E-state index in [1.165, 1.54) is 5.56 Å². The molecule has 2 aromatic carbocycles. The number of aromatic nitrogens is 2. The van der Waals surface area contributed by atoms with Crippen LogP contribution in [0, 0.1) is 0 Å². The Morgan fingerprint density at radius 2 is 1.71 bits per heavy atom. The number of ketones is 1. The smallest absolute Gasteiger partial charge is 0.333 e. The normalized spacial score (nSPS) is 17.1. The summed E-state index contributed by atoms with van der Waals surface area (Å²) in [4.78, 5) is 28.6. The average Bonchev–Trinajstić information content (AvgIpc) is 3.46. The third kappa shape index (κ3) is 5.56. The van der Waals surface area contributed by atoms with Gasteiger partial charge in [0, 0.05) is 56.9 Å². The van der Waals surface area contributed by atoms with Gasteiger partial charge in [-0.2, -0.15) is 5.10 Å². The van der Waals surface area contributed by atoms with Gasteiger partial charge in [0.1, 0.15) is 5.69 Å². The number of amides is 2. The van der Waals surface area contributed by atoms with E-state index in [1.54, 1.807) is 11.1 Å². The van der Waals surface area contributed by atoms with E-state index in [9.17, 15) is 9.59 Å². The molecule has 202 valence electrons. The molecule has 10 nitrogen and oxygen atoms in total. The van der Waals surface area contributed by atoms with Crippen molar-refractivity contribution in [2.45, 2.75) is 6.54 Å². The maximum atomic E-state index is 13.6. The molecule has 6 rings (SSSR count). The van der Waals surface area contributed by atoms with E-state index in [2.05, 4.69) is 43.3 Å². The summed E-state index contributed by atoms with van der Waals surface area (Å²) in [6.45, 7) is 7.41. The molecule has 1 aromatic heterocycles. The van der Waals surface area contributed by atoms with Crippen molar-refractivity contribution in [2.75, 3.05) is 57.8 Å². The molecule has 2 aliphatic heterocycles. The number of morpholine rings is 1. The van der Waals surface area contributed by atoms with Crippen LogP contribution in [0.25, 0.3) is 22.5 Å². The highest BCUT2D eigenvalue weighted by molar-refractivity contribution is 6.26. The molecule has 2 amide bonds. The van der Waals surface area contributed by atoms with E-state index >= 15 is 0 Å². The van der Waals surface area contributed by atoms with Gasteiger partial charge in [0.05, 0.1) is 35.7 Å². The number of benzene rings is 2. The molecule has 3 heterocycles. The van der Waals surface area contributed by atoms with Crippen molar-refractivity contribution in [3.05, 3.63) is 59.2 Å². The van der Waals surface area contributed by atoms with Crippen LogP contribution in [0.5, 0.6) is 0 Å². The largest absolute Gasteiger partial charge is 0.379 e. The van der Waals surface area contributed by atoms with Crippen molar-refractivity contribution in [3.8, 4) is 22.5 Å². The van der Waals surface area contributed by atoms with Gasteiger partial charge in [-0.15, -0.1) is 24.8 Å². The lowest BCUT2D eigenvalue weighted by atomic mass is 10.0. The number of halogens is 2. The van der Waals surface area contributed by atoms with Crippen LogP contribution < -0.4 is 16.1 Å². The number of hydrogen-bond donors (Lipinski definition) is 4. The van der Waals surface area contributed by atoms with Crippen LogP contribution in [-0.4, -0.2) is 84.4 Å². The van der Waals surface area contributed by atoms with Gasteiger partial charge in [0.25, 0.3) is 0 Å². The number of H-pyrrole nitrogens is 1. The number of hydrazine groups is 1. The number of ether oxygens (including phenoxy) is 1. The van der Waals surface area contributed by atoms with Crippen LogP contribution in [-0.2, 0) is 11.3 Å². The lowest BCUT2D eigenvalue weighted by Crippen LogP contribution is -2.49. The van der Waals surface area contributed by atoms with E-state index in [4.69, 9.17) is 4.74 Å². The van der Waals surface area contributed by atoms with Crippen LogP contribution >= 0.6 is 24.8 Å². The Hall–Kier alpha value is -2.99. The van der Waals surface area contributed by atoms with Gasteiger partial charge in [0.2, 0.25) is 0 Å². The highest BCUT2D eigenvalue weighted by Crippen LogP contribution is 2.42. The third-order valence-electron chi connectivity index (χ3n) is 6.92. The number of carbonyl (C=O) groups excluding carboxylic acids is 2. The minimum atomic E-state index is -0.382. The predicted molar refractivity (Wildman–Crippen MR) is 150 cm³/mol. The highest BCUT2D eigenvalue weighted by atomic mass is 35.5. The quantitative estimate of drug-likeness (QED) is 0.297. The van der Waals surface area contributed by atoms with Crippen molar-refractivity contribution in [3.63, 3.8) is 0 Å². The maximum absolute atomic E-state index is 13.6. The number of aromatic amines is 1. The van der Waals surface area contributed by atoms with Crippen LogP contribution in [0.15, 0.2) is 42.5 Å². The monoisotopic (exact) mass is 559 g/mol. The number of nitrogens with zero attached hydrogens (tertiary/aromatic N) is 3. The minimum absolute atomic E-state index is 0. The first-order valence-corrected chi connectivity index (χ1v) is 12.4. The second kappa shape index (κ2) is 12.2. The van der Waals surface area contributed by atoms with Gasteiger partial charge in [-0.3, -0.25) is 20.2 Å². The Kier molecular flexibility index (Phi) is 9.03. The molecule has 0 atom stereocenters. The summed E-state index contributed by atoms with van der Waals surface area (Å²) >= 11 is 0. The zero-order valence-corrected chi connectivity index (χ0v) is 22.4. The van der Waals surface area contributed by atoms with E-state index in [1.807, 2.05) is 24.3 Å². The number of hydrogen-bond acceptors (Lipinski definition) is 7. The molecular formula is C26H31Cl2N7O3. The molecule has 1 aliphatic carbocycles. The molecule has 12 heteroatoms. The maximum Gasteiger partial charge on any atom is 0.333 e. The Morgan fingerprint density at radius 3 is 2.45 bits per heavy atom. The molecule has 0 radical (unpaired) electrons. The van der Waals surface area contributed by atoms with E-state index < -0.39 is 0 Å². The standard InChI is InChI=1S/C26H29N7O3.2ClH/c34-25-21-19(2-1-3-20(21)28-26(35)31-33-12-14-36-15-13-33)24-22(25)23(29-30-24)18-6-4-17(5-7-18)16-32-10-8-27-9-11-32;;/h1-7,27H,8-16H2,(H,29,30)(H2,28,31,35);2*1H. The summed E-state index contributed by atoms with van der Waals surface area (Å²) in [6, 6.07) is 13.3. The first-order valence-electron chi connectivity index (χ1n) is 12.4. The van der Waals surface area contributed by atoms with Gasteiger partial charge >= 0.3 is 6.03 Å². The van der Waals surface area contributed by atoms with Crippen molar-refractivity contribution >= 4 is 42.3 Å². The summed E-state index contributed by atoms with van der Waals surface area (Å²) in [6.07, 6.45) is 0. The van der Waals surface area contributed by atoms with Gasteiger partial charge in [-0.05, 0) is 11.6 Å². The summed E-state index contributed by atoms with van der Waals surface area (Å²) in [7, 11) is 0. The molecule has 0 saturated carbocycles. The summed E-state index contributed by atoms with van der Waals surface area (Å²) in [5.74, 6) is -0.143. The van der Waals surface area contributed by atoms with Crippen LogP contribution in [0.4, 0.5) is 10.5 Å². The molecule has 0 spiro atoms. The first-order chi connectivity index (χ1) is 17.7. The van der Waals surface area contributed by atoms with E-state index in [0.717, 1.165) is 43.9 Å². The highest BCUT2D eigenvalue weighted by Gasteiger charge is 2.35. The number of nitrogens with one attached hydrogen (secondary N) is 4. The predicted octanol–water partition coefficient (Wildman–Crippen LogP) is 2.91. The van der Waals surface area contributed by atoms with Crippen LogP contribution in [0.3, 0.4) is 0 Å². The molecule has 38 heavy (non-hydrogen) atoms. The zero-order valence-electron chi connectivity index (χ0n) is 20.8. The Bertz CT molecular complexity index is 1290. The van der Waals surface area contributed by atoms with E-state index in [-0.39, 0.29) is 36.6 Å². The van der Waals surface area contributed by atoms with Gasteiger partial charge in [0.15, 0.2) is 5.78 Å². The van der Waals surface area contributed by atoms with Crippen molar-refractivity contribution < 1.29 is 14.3 Å². The number of fused-ring (bicyclic) bond motifs is 3. The molecule has 2 saturated heterocycles. The summed E-state index contributed by atoms with van der Waals surface area (Å²) in [5.41, 5.74) is 8.51.